The number of methoxy groups -OCH3 is 1. The predicted octanol–water partition coefficient (Wildman–Crippen LogP) is 5.41. The Labute approximate surface area is 237 Å². The second-order valence-corrected chi connectivity index (χ2v) is 13.4. The zero-order valence-electron chi connectivity index (χ0n) is 22.8. The molecule has 9 nitrogen and oxygen atoms in total. The number of hydrogen-bond donors (Lipinski definition) is 1. The molecule has 1 aliphatic rings. The molecule has 40 heavy (non-hydrogen) atoms. The van der Waals surface area contributed by atoms with Crippen molar-refractivity contribution in [2.45, 2.75) is 44.1 Å². The van der Waals surface area contributed by atoms with Crippen molar-refractivity contribution in [1.29, 1.82) is 0 Å². The maximum atomic E-state index is 13.9. The van der Waals surface area contributed by atoms with E-state index in [1.165, 1.54) is 34.9 Å². The lowest BCUT2D eigenvalue weighted by molar-refractivity contribution is -0.122. The van der Waals surface area contributed by atoms with Gasteiger partial charge in [-0.2, -0.15) is 0 Å². The fraction of sp³-hybridized carbons (Fsp3) is 0.276. The Hall–Kier alpha value is -3.96. The molecule has 1 aliphatic heterocycles. The van der Waals surface area contributed by atoms with Gasteiger partial charge in [0.15, 0.2) is 6.10 Å². The van der Waals surface area contributed by atoms with Crippen LogP contribution in [-0.2, 0) is 20.2 Å². The molecule has 0 spiro atoms. The molecule has 0 fully saturated rings. The number of benzene rings is 3. The van der Waals surface area contributed by atoms with Crippen molar-refractivity contribution in [2.75, 3.05) is 23.3 Å². The number of aromatic nitrogens is 2. The lowest BCUT2D eigenvalue weighted by atomic mass is 9.86. The quantitative estimate of drug-likeness (QED) is 0.326. The molecule has 1 aromatic heterocycles. The topological polar surface area (TPSA) is 111 Å². The number of amides is 1. The van der Waals surface area contributed by atoms with Crippen LogP contribution in [0.3, 0.4) is 0 Å². The van der Waals surface area contributed by atoms with E-state index in [-0.39, 0.29) is 16.9 Å². The van der Waals surface area contributed by atoms with Crippen LogP contribution in [-0.4, -0.2) is 44.3 Å². The lowest BCUT2D eigenvalue weighted by Gasteiger charge is -2.35. The van der Waals surface area contributed by atoms with Gasteiger partial charge in [0, 0.05) is 5.56 Å². The van der Waals surface area contributed by atoms with Crippen LogP contribution < -0.4 is 19.1 Å². The van der Waals surface area contributed by atoms with Gasteiger partial charge in [0.05, 0.1) is 24.2 Å². The summed E-state index contributed by atoms with van der Waals surface area (Å²) in [4.78, 5) is 13.4. The third kappa shape index (κ3) is 5.52. The van der Waals surface area contributed by atoms with E-state index in [2.05, 4.69) is 15.5 Å². The molecule has 0 unspecified atom stereocenters. The number of carbonyl (C=O) groups is 1. The minimum atomic E-state index is -4.05. The first kappa shape index (κ1) is 27.6. The number of carbonyl (C=O) groups excluding carboxylic acids is 1. The van der Waals surface area contributed by atoms with Crippen LogP contribution in [0.25, 0.3) is 10.6 Å². The fourth-order valence-corrected chi connectivity index (χ4v) is 6.45. The number of ether oxygens (including phenoxy) is 2. The third-order valence-corrected chi connectivity index (χ3v) is 9.27. The normalized spacial score (nSPS) is 15.2. The van der Waals surface area contributed by atoms with E-state index in [0.29, 0.717) is 27.3 Å². The highest BCUT2D eigenvalue weighted by atomic mass is 32.2. The first-order valence-electron chi connectivity index (χ1n) is 12.6. The predicted molar refractivity (Wildman–Crippen MR) is 156 cm³/mol. The molecule has 0 bridgehead atoms. The van der Waals surface area contributed by atoms with E-state index in [0.717, 1.165) is 16.7 Å². The maximum Gasteiger partial charge on any atom is 0.269 e. The zero-order valence-corrected chi connectivity index (χ0v) is 24.5. The van der Waals surface area contributed by atoms with Crippen LogP contribution in [0.2, 0.25) is 0 Å². The van der Waals surface area contributed by atoms with Crippen LogP contribution in [0, 0.1) is 6.92 Å². The Morgan fingerprint density at radius 1 is 1.05 bits per heavy atom. The summed E-state index contributed by atoms with van der Waals surface area (Å²) >= 11 is 1.23. The standard InChI is InChI=1S/C29H30N4O5S2/c1-18-6-8-19(9-7-18)27-31-32-28(39-27)30-26(34)25-17-33(40(35,36)22-13-11-21(37-5)12-14-22)23-16-20(29(2,3)4)10-15-24(23)38-25/h6-16,25H,17H2,1-5H3,(H,30,32,34)/t25-/m0/s1. The van der Waals surface area contributed by atoms with Gasteiger partial charge >= 0.3 is 0 Å². The summed E-state index contributed by atoms with van der Waals surface area (Å²) < 4.78 is 40.3. The summed E-state index contributed by atoms with van der Waals surface area (Å²) in [7, 11) is -2.53. The molecule has 0 radical (unpaired) electrons. The molecular formula is C29H30N4O5S2. The Kier molecular flexibility index (Phi) is 7.28. The monoisotopic (exact) mass is 578 g/mol. The van der Waals surface area contributed by atoms with Crippen molar-refractivity contribution in [1.82, 2.24) is 10.2 Å². The average molecular weight is 579 g/mol. The molecule has 0 saturated heterocycles. The van der Waals surface area contributed by atoms with Crippen LogP contribution in [0.5, 0.6) is 11.5 Å². The van der Waals surface area contributed by atoms with Crippen LogP contribution in [0.15, 0.2) is 71.6 Å². The molecular weight excluding hydrogens is 548 g/mol. The van der Waals surface area contributed by atoms with Crippen LogP contribution in [0.1, 0.15) is 31.9 Å². The number of nitrogens with one attached hydrogen (secondary N) is 1. The summed E-state index contributed by atoms with van der Waals surface area (Å²) in [6, 6.07) is 19.4. The number of anilines is 2. The van der Waals surface area contributed by atoms with Gasteiger partial charge in [-0.3, -0.25) is 14.4 Å². The Bertz CT molecular complexity index is 1640. The van der Waals surface area contributed by atoms with Crippen molar-refractivity contribution < 1.29 is 22.7 Å². The second kappa shape index (κ2) is 10.5. The van der Waals surface area contributed by atoms with E-state index in [9.17, 15) is 13.2 Å². The van der Waals surface area contributed by atoms with Gasteiger partial charge < -0.3 is 9.47 Å². The molecule has 4 aromatic rings. The smallest absolute Gasteiger partial charge is 0.269 e. The van der Waals surface area contributed by atoms with E-state index in [4.69, 9.17) is 9.47 Å². The van der Waals surface area contributed by atoms with Gasteiger partial charge in [-0.1, -0.05) is 68.0 Å². The molecule has 208 valence electrons. The molecule has 11 heteroatoms. The number of hydrogen-bond acceptors (Lipinski definition) is 8. The van der Waals surface area contributed by atoms with Crippen molar-refractivity contribution >= 4 is 38.1 Å². The SMILES string of the molecule is COc1ccc(S(=O)(=O)N2C[C@@H](C(=O)Nc3nnc(-c4ccc(C)cc4)s3)Oc3ccc(C(C)(C)C)cc32)cc1. The molecule has 1 amide bonds. The first-order chi connectivity index (χ1) is 19.0. The summed E-state index contributed by atoms with van der Waals surface area (Å²) in [5.41, 5.74) is 3.10. The molecule has 0 aliphatic carbocycles. The molecule has 2 heterocycles. The van der Waals surface area contributed by atoms with Crippen molar-refractivity contribution in [2.24, 2.45) is 0 Å². The zero-order chi connectivity index (χ0) is 28.7. The number of fused-ring (bicyclic) bond motifs is 1. The van der Waals surface area contributed by atoms with Crippen LogP contribution >= 0.6 is 11.3 Å². The summed E-state index contributed by atoms with van der Waals surface area (Å²) in [6.45, 7) is 7.92. The van der Waals surface area contributed by atoms with Gasteiger partial charge in [0.2, 0.25) is 5.13 Å². The highest BCUT2D eigenvalue weighted by Gasteiger charge is 2.38. The van der Waals surface area contributed by atoms with Gasteiger partial charge in [0.25, 0.3) is 15.9 Å². The highest BCUT2D eigenvalue weighted by Crippen LogP contribution is 2.40. The van der Waals surface area contributed by atoms with Crippen molar-refractivity contribution in [3.63, 3.8) is 0 Å². The summed E-state index contributed by atoms with van der Waals surface area (Å²) in [6.07, 6.45) is -1.12. The van der Waals surface area contributed by atoms with E-state index < -0.39 is 22.0 Å². The Morgan fingerprint density at radius 2 is 1.75 bits per heavy atom. The molecule has 0 saturated carbocycles. The van der Waals surface area contributed by atoms with Crippen molar-refractivity contribution in [3.05, 3.63) is 77.9 Å². The second-order valence-electron chi connectivity index (χ2n) is 10.5. The first-order valence-corrected chi connectivity index (χ1v) is 14.9. The van der Waals surface area contributed by atoms with Gasteiger partial charge in [-0.25, -0.2) is 8.42 Å². The van der Waals surface area contributed by atoms with Crippen LogP contribution in [0.4, 0.5) is 10.8 Å². The van der Waals surface area contributed by atoms with E-state index in [1.807, 2.05) is 64.1 Å². The average Bonchev–Trinajstić information content (AvgIpc) is 3.40. The Morgan fingerprint density at radius 3 is 2.40 bits per heavy atom. The number of sulfonamides is 1. The highest BCUT2D eigenvalue weighted by molar-refractivity contribution is 7.92. The Balaban J connectivity index is 1.46. The van der Waals surface area contributed by atoms with Gasteiger partial charge in [-0.15, -0.1) is 10.2 Å². The lowest BCUT2D eigenvalue weighted by Crippen LogP contribution is -2.49. The van der Waals surface area contributed by atoms with Gasteiger partial charge in [0.1, 0.15) is 16.5 Å². The molecule has 1 N–H and O–H groups in total. The largest absolute Gasteiger partial charge is 0.497 e. The minimum absolute atomic E-state index is 0.0772. The molecule has 3 aromatic carbocycles. The summed E-state index contributed by atoms with van der Waals surface area (Å²) in [5, 5.41) is 12.0. The number of rotatable bonds is 6. The van der Waals surface area contributed by atoms with Crippen molar-refractivity contribution in [3.8, 4) is 22.1 Å². The minimum Gasteiger partial charge on any atom is -0.497 e. The van der Waals surface area contributed by atoms with E-state index >= 15 is 0 Å². The molecule has 5 rings (SSSR count). The third-order valence-electron chi connectivity index (χ3n) is 6.59. The maximum absolute atomic E-state index is 13.9. The molecule has 1 atom stereocenters. The van der Waals surface area contributed by atoms with E-state index in [1.54, 1.807) is 18.2 Å². The van der Waals surface area contributed by atoms with Gasteiger partial charge in [-0.05, 0) is 54.3 Å². The number of nitrogens with zero attached hydrogens (tertiary/aromatic N) is 3. The number of aryl methyl sites for hydroxylation is 1. The fourth-order valence-electron chi connectivity index (χ4n) is 4.23. The summed E-state index contributed by atoms with van der Waals surface area (Å²) in [5.74, 6) is 0.317.